The Kier molecular flexibility index (Phi) is 6.70. The van der Waals surface area contributed by atoms with Gasteiger partial charge in [-0.25, -0.2) is 4.98 Å². The smallest absolute Gasteiger partial charge is 0.311 e. The van der Waals surface area contributed by atoms with Crippen LogP contribution in [0.1, 0.15) is 17.7 Å². The van der Waals surface area contributed by atoms with Crippen LogP contribution in [0.25, 0.3) is 10.6 Å². The number of hydrogen-bond acceptors (Lipinski definition) is 7. The number of nitrogens with zero attached hydrogens (tertiary/aromatic N) is 2. The number of likely N-dealkylation sites (tertiary alicyclic amines) is 1. The van der Waals surface area contributed by atoms with Crippen molar-refractivity contribution in [2.24, 2.45) is 5.92 Å². The van der Waals surface area contributed by atoms with Crippen molar-refractivity contribution in [3.05, 3.63) is 65.2 Å². The van der Waals surface area contributed by atoms with Gasteiger partial charge in [-0.05, 0) is 17.7 Å². The van der Waals surface area contributed by atoms with E-state index in [4.69, 9.17) is 14.2 Å². The first-order valence-electron chi connectivity index (χ1n) is 10.2. The number of rotatable bonds is 8. The molecule has 1 atom stereocenters. The van der Waals surface area contributed by atoms with E-state index in [0.29, 0.717) is 30.3 Å². The summed E-state index contributed by atoms with van der Waals surface area (Å²) in [4.78, 5) is 31.2. The van der Waals surface area contributed by atoms with Crippen LogP contribution in [0, 0.1) is 5.92 Å². The predicted octanol–water partition coefficient (Wildman–Crippen LogP) is 3.92. The van der Waals surface area contributed by atoms with E-state index in [1.54, 1.807) is 19.1 Å². The van der Waals surface area contributed by atoms with Gasteiger partial charge in [0.2, 0.25) is 5.91 Å². The summed E-state index contributed by atoms with van der Waals surface area (Å²) >= 11 is 1.44. The zero-order valence-corrected chi connectivity index (χ0v) is 18.8. The lowest BCUT2D eigenvalue weighted by Crippen LogP contribution is -2.26. The lowest BCUT2D eigenvalue weighted by atomic mass is 10.1. The van der Waals surface area contributed by atoms with Crippen molar-refractivity contribution in [1.29, 1.82) is 0 Å². The van der Waals surface area contributed by atoms with Gasteiger partial charge in [-0.2, -0.15) is 0 Å². The fourth-order valence-electron chi connectivity index (χ4n) is 3.70. The zero-order valence-electron chi connectivity index (χ0n) is 17.9. The molecule has 1 aliphatic heterocycles. The van der Waals surface area contributed by atoms with Gasteiger partial charge in [0.25, 0.3) is 0 Å². The zero-order chi connectivity index (χ0) is 22.5. The number of esters is 1. The molecule has 1 aliphatic rings. The van der Waals surface area contributed by atoms with Crippen LogP contribution < -0.4 is 9.47 Å². The second-order valence-corrected chi connectivity index (χ2v) is 8.31. The molecule has 1 amide bonds. The van der Waals surface area contributed by atoms with Gasteiger partial charge in [-0.3, -0.25) is 9.59 Å². The number of benzene rings is 2. The van der Waals surface area contributed by atoms with Gasteiger partial charge in [-0.15, -0.1) is 11.3 Å². The Morgan fingerprint density at radius 1 is 1.12 bits per heavy atom. The highest BCUT2D eigenvalue weighted by Gasteiger charge is 2.35. The summed E-state index contributed by atoms with van der Waals surface area (Å²) in [6.07, 6.45) is 0.176. The molecule has 2 heterocycles. The molecule has 0 N–H and O–H groups in total. The number of carbonyl (C=O) groups is 2. The molecule has 7 nitrogen and oxygen atoms in total. The molecule has 3 aromatic rings. The lowest BCUT2D eigenvalue weighted by molar-refractivity contribution is -0.149. The number of thiazole rings is 1. The van der Waals surface area contributed by atoms with E-state index in [-0.39, 0.29) is 24.9 Å². The van der Waals surface area contributed by atoms with Crippen molar-refractivity contribution in [2.45, 2.75) is 19.6 Å². The molecular formula is C24H24N2O5S. The SMILES string of the molecule is COc1cccc(-c2nc(COC(=O)C3CC(=O)N(Cc4ccccc4)C3)cs2)c1OC. The number of hydrogen-bond donors (Lipinski definition) is 0. The standard InChI is InChI=1S/C24H24N2O5S/c1-29-20-10-6-9-19(22(20)30-2)23-25-18(15-32-23)14-31-24(28)17-11-21(27)26(13-17)12-16-7-4-3-5-8-16/h3-10,15,17H,11-14H2,1-2H3. The van der Waals surface area contributed by atoms with E-state index in [0.717, 1.165) is 16.1 Å². The van der Waals surface area contributed by atoms with Crippen LogP contribution in [0.2, 0.25) is 0 Å². The van der Waals surface area contributed by atoms with Gasteiger partial charge in [0.05, 0.1) is 31.4 Å². The van der Waals surface area contributed by atoms with Gasteiger partial charge in [0.1, 0.15) is 11.6 Å². The average molecular weight is 453 g/mol. The summed E-state index contributed by atoms with van der Waals surface area (Å²) in [7, 11) is 3.17. The molecule has 8 heteroatoms. The van der Waals surface area contributed by atoms with Gasteiger partial charge >= 0.3 is 5.97 Å². The van der Waals surface area contributed by atoms with Crippen molar-refractivity contribution < 1.29 is 23.8 Å². The molecule has 0 aliphatic carbocycles. The molecular weight excluding hydrogens is 428 g/mol. The molecule has 0 spiro atoms. The van der Waals surface area contributed by atoms with E-state index in [1.807, 2.05) is 53.9 Å². The summed E-state index contributed by atoms with van der Waals surface area (Å²) in [5.74, 6) is 0.372. The predicted molar refractivity (Wildman–Crippen MR) is 120 cm³/mol. The van der Waals surface area contributed by atoms with Crippen LogP contribution in [0.5, 0.6) is 11.5 Å². The molecule has 1 fully saturated rings. The van der Waals surface area contributed by atoms with Crippen LogP contribution in [-0.2, 0) is 27.5 Å². The lowest BCUT2D eigenvalue weighted by Gasteiger charge is -2.16. The molecule has 0 bridgehead atoms. The minimum absolute atomic E-state index is 0.0307. The molecule has 0 radical (unpaired) electrons. The molecule has 166 valence electrons. The fourth-order valence-corrected chi connectivity index (χ4v) is 4.53. The second kappa shape index (κ2) is 9.82. The summed E-state index contributed by atoms with van der Waals surface area (Å²) in [6.45, 7) is 0.933. The first-order chi connectivity index (χ1) is 15.6. The Morgan fingerprint density at radius 3 is 2.69 bits per heavy atom. The van der Waals surface area contributed by atoms with Gasteiger partial charge in [-0.1, -0.05) is 36.4 Å². The van der Waals surface area contributed by atoms with Crippen molar-refractivity contribution in [1.82, 2.24) is 9.88 Å². The Labute approximate surface area is 190 Å². The molecule has 0 saturated carbocycles. The summed E-state index contributed by atoms with van der Waals surface area (Å²) < 4.78 is 16.3. The molecule has 2 aromatic carbocycles. The van der Waals surface area contributed by atoms with Crippen LogP contribution in [0.15, 0.2) is 53.9 Å². The average Bonchev–Trinajstić information content (AvgIpc) is 3.44. The first-order valence-corrected chi connectivity index (χ1v) is 11.1. The van der Waals surface area contributed by atoms with E-state index in [2.05, 4.69) is 4.98 Å². The number of carbonyl (C=O) groups excluding carboxylic acids is 2. The number of aromatic nitrogens is 1. The summed E-state index contributed by atoms with van der Waals surface area (Å²) in [5, 5.41) is 2.60. The Morgan fingerprint density at radius 2 is 1.94 bits per heavy atom. The fraction of sp³-hybridized carbons (Fsp3) is 0.292. The van der Waals surface area contributed by atoms with Gasteiger partial charge < -0.3 is 19.1 Å². The minimum Gasteiger partial charge on any atom is -0.493 e. The highest BCUT2D eigenvalue weighted by atomic mass is 32.1. The van der Waals surface area contributed by atoms with Crippen LogP contribution in [-0.4, -0.2) is 42.5 Å². The summed E-state index contributed by atoms with van der Waals surface area (Å²) in [6, 6.07) is 15.3. The second-order valence-electron chi connectivity index (χ2n) is 7.45. The van der Waals surface area contributed by atoms with E-state index in [1.165, 1.54) is 11.3 Å². The highest BCUT2D eigenvalue weighted by molar-refractivity contribution is 7.13. The Hall–Kier alpha value is -3.39. The van der Waals surface area contributed by atoms with Crippen molar-refractivity contribution in [3.8, 4) is 22.1 Å². The van der Waals surface area contributed by atoms with Gasteiger partial charge in [0.15, 0.2) is 11.5 Å². The molecule has 1 saturated heterocycles. The third-order valence-corrected chi connectivity index (χ3v) is 6.24. The van der Waals surface area contributed by atoms with Crippen LogP contribution in [0.4, 0.5) is 0 Å². The van der Waals surface area contributed by atoms with Crippen LogP contribution in [0.3, 0.4) is 0 Å². The number of amides is 1. The van der Waals surface area contributed by atoms with E-state index < -0.39 is 5.92 Å². The quantitative estimate of drug-likeness (QED) is 0.482. The highest BCUT2D eigenvalue weighted by Crippen LogP contribution is 2.39. The normalized spacial score (nSPS) is 15.6. The number of methoxy groups -OCH3 is 2. The van der Waals surface area contributed by atoms with Crippen molar-refractivity contribution >= 4 is 23.2 Å². The molecule has 4 rings (SSSR count). The number of ether oxygens (including phenoxy) is 3. The monoisotopic (exact) mass is 452 g/mol. The third-order valence-electron chi connectivity index (χ3n) is 5.31. The molecule has 1 aromatic heterocycles. The van der Waals surface area contributed by atoms with Gasteiger partial charge in [0, 0.05) is 24.9 Å². The van der Waals surface area contributed by atoms with Crippen molar-refractivity contribution in [3.63, 3.8) is 0 Å². The largest absolute Gasteiger partial charge is 0.493 e. The maximum absolute atomic E-state index is 12.6. The van der Waals surface area contributed by atoms with Crippen LogP contribution >= 0.6 is 11.3 Å². The maximum atomic E-state index is 12.6. The number of para-hydroxylation sites is 1. The topological polar surface area (TPSA) is 78.0 Å². The van der Waals surface area contributed by atoms with E-state index in [9.17, 15) is 9.59 Å². The Balaban J connectivity index is 1.35. The maximum Gasteiger partial charge on any atom is 0.311 e. The molecule has 1 unspecified atom stereocenters. The first kappa shape index (κ1) is 21.8. The third kappa shape index (κ3) is 4.75. The minimum atomic E-state index is -0.456. The molecule has 32 heavy (non-hydrogen) atoms. The van der Waals surface area contributed by atoms with E-state index >= 15 is 0 Å². The van der Waals surface area contributed by atoms with Crippen molar-refractivity contribution in [2.75, 3.05) is 20.8 Å². The summed E-state index contributed by atoms with van der Waals surface area (Å²) in [5.41, 5.74) is 2.50. The Bertz CT molecular complexity index is 1100.